The van der Waals surface area contributed by atoms with E-state index in [2.05, 4.69) is 38.3 Å². The third-order valence-electron chi connectivity index (χ3n) is 3.20. The third-order valence-corrected chi connectivity index (χ3v) is 3.69. The minimum absolute atomic E-state index is 0.0149. The van der Waals surface area contributed by atoms with Crippen molar-refractivity contribution in [2.24, 2.45) is 0 Å². The molecule has 1 aromatic carbocycles. The Morgan fingerprint density at radius 3 is 3.00 bits per heavy atom. The van der Waals surface area contributed by atoms with E-state index in [9.17, 15) is 4.79 Å². The van der Waals surface area contributed by atoms with Gasteiger partial charge in [0.1, 0.15) is 5.69 Å². The van der Waals surface area contributed by atoms with Gasteiger partial charge in [-0.25, -0.2) is 0 Å². The summed E-state index contributed by atoms with van der Waals surface area (Å²) >= 11 is 3.47. The first-order valence-electron chi connectivity index (χ1n) is 5.80. The number of nitrogens with one attached hydrogen (secondary N) is 1. The van der Waals surface area contributed by atoms with Gasteiger partial charge in [0.15, 0.2) is 0 Å². The van der Waals surface area contributed by atoms with Gasteiger partial charge in [-0.3, -0.25) is 9.89 Å². The molecule has 4 nitrogen and oxygen atoms in total. The molecule has 1 aromatic heterocycles. The quantitative estimate of drug-likeness (QED) is 0.879. The summed E-state index contributed by atoms with van der Waals surface area (Å²) < 4.78 is 1.09. The normalized spacial score (nSPS) is 14.4. The maximum atomic E-state index is 12.2. The number of rotatable bonds is 1. The molecule has 18 heavy (non-hydrogen) atoms. The van der Waals surface area contributed by atoms with Crippen LogP contribution in [0.1, 0.15) is 21.6 Å². The Morgan fingerprint density at radius 2 is 2.22 bits per heavy atom. The van der Waals surface area contributed by atoms with E-state index in [1.165, 1.54) is 11.1 Å². The van der Waals surface area contributed by atoms with Crippen LogP contribution in [0, 0.1) is 0 Å². The fraction of sp³-hybridized carbons (Fsp3) is 0.231. The van der Waals surface area contributed by atoms with Crippen LogP contribution in [0.5, 0.6) is 0 Å². The van der Waals surface area contributed by atoms with Crippen molar-refractivity contribution in [3.8, 4) is 0 Å². The van der Waals surface area contributed by atoms with E-state index >= 15 is 0 Å². The van der Waals surface area contributed by atoms with Crippen molar-refractivity contribution in [2.75, 3.05) is 6.54 Å². The predicted molar refractivity (Wildman–Crippen MR) is 71.2 cm³/mol. The van der Waals surface area contributed by atoms with Crippen molar-refractivity contribution in [3.05, 3.63) is 51.8 Å². The lowest BCUT2D eigenvalue weighted by molar-refractivity contribution is 0.0728. The van der Waals surface area contributed by atoms with Crippen LogP contribution in [0.4, 0.5) is 0 Å². The van der Waals surface area contributed by atoms with E-state index in [0.717, 1.165) is 17.4 Å². The second-order valence-electron chi connectivity index (χ2n) is 4.36. The van der Waals surface area contributed by atoms with Crippen LogP contribution >= 0.6 is 15.9 Å². The fourth-order valence-electron chi connectivity index (χ4n) is 2.24. The van der Waals surface area contributed by atoms with Gasteiger partial charge in [0.2, 0.25) is 0 Å². The lowest BCUT2D eigenvalue weighted by Crippen LogP contribution is -2.36. The zero-order chi connectivity index (χ0) is 12.5. The number of hydrogen-bond acceptors (Lipinski definition) is 2. The molecule has 0 atom stereocenters. The van der Waals surface area contributed by atoms with Crippen LogP contribution in [0.2, 0.25) is 0 Å². The molecular formula is C13H12BrN3O. The molecule has 0 saturated heterocycles. The number of benzene rings is 1. The average molecular weight is 306 g/mol. The number of aromatic nitrogens is 2. The molecule has 0 saturated carbocycles. The van der Waals surface area contributed by atoms with Crippen LogP contribution in [0.3, 0.4) is 0 Å². The largest absolute Gasteiger partial charge is 0.333 e. The van der Waals surface area contributed by atoms with Gasteiger partial charge in [-0.05, 0) is 35.7 Å². The predicted octanol–water partition coefficient (Wildman–Crippen LogP) is 2.37. The summed E-state index contributed by atoms with van der Waals surface area (Å²) in [6, 6.07) is 7.93. The smallest absolute Gasteiger partial charge is 0.272 e. The van der Waals surface area contributed by atoms with Crippen molar-refractivity contribution < 1.29 is 4.79 Å². The second-order valence-corrected chi connectivity index (χ2v) is 5.28. The minimum atomic E-state index is 0.0149. The molecule has 0 spiro atoms. The van der Waals surface area contributed by atoms with Gasteiger partial charge in [0.05, 0.1) is 0 Å². The number of fused-ring (bicyclic) bond motifs is 1. The van der Waals surface area contributed by atoms with Crippen LogP contribution in [0.25, 0.3) is 0 Å². The summed E-state index contributed by atoms with van der Waals surface area (Å²) in [6.45, 7) is 1.42. The first kappa shape index (κ1) is 11.5. The molecule has 0 aliphatic carbocycles. The minimum Gasteiger partial charge on any atom is -0.333 e. The van der Waals surface area contributed by atoms with Crippen LogP contribution in [-0.4, -0.2) is 27.5 Å². The molecule has 0 fully saturated rings. The highest BCUT2D eigenvalue weighted by molar-refractivity contribution is 9.10. The molecule has 1 N–H and O–H groups in total. The van der Waals surface area contributed by atoms with Crippen LogP contribution < -0.4 is 0 Å². The summed E-state index contributed by atoms with van der Waals surface area (Å²) in [6.07, 6.45) is 2.50. The van der Waals surface area contributed by atoms with Crippen molar-refractivity contribution in [1.82, 2.24) is 15.1 Å². The first-order chi connectivity index (χ1) is 8.74. The number of nitrogens with zero attached hydrogens (tertiary/aromatic N) is 2. The van der Waals surface area contributed by atoms with E-state index in [1.54, 1.807) is 12.3 Å². The third kappa shape index (κ3) is 2.06. The zero-order valence-electron chi connectivity index (χ0n) is 9.69. The Labute approximate surface area is 113 Å². The van der Waals surface area contributed by atoms with Crippen molar-refractivity contribution in [3.63, 3.8) is 0 Å². The number of H-pyrrole nitrogens is 1. The number of amides is 1. The van der Waals surface area contributed by atoms with E-state index in [4.69, 9.17) is 0 Å². The maximum absolute atomic E-state index is 12.2. The van der Waals surface area contributed by atoms with Crippen molar-refractivity contribution >= 4 is 21.8 Å². The highest BCUT2D eigenvalue weighted by Crippen LogP contribution is 2.23. The molecule has 1 amide bonds. The lowest BCUT2D eigenvalue weighted by Gasteiger charge is -2.28. The van der Waals surface area contributed by atoms with E-state index in [0.29, 0.717) is 12.2 Å². The Morgan fingerprint density at radius 1 is 1.33 bits per heavy atom. The summed E-state index contributed by atoms with van der Waals surface area (Å²) in [5.74, 6) is 0.0149. The lowest BCUT2D eigenvalue weighted by atomic mass is 10.00. The van der Waals surface area contributed by atoms with Crippen LogP contribution in [-0.2, 0) is 13.0 Å². The van der Waals surface area contributed by atoms with Gasteiger partial charge < -0.3 is 4.90 Å². The van der Waals surface area contributed by atoms with E-state index in [-0.39, 0.29) is 5.91 Å². The summed E-state index contributed by atoms with van der Waals surface area (Å²) in [5.41, 5.74) is 3.09. The Hall–Kier alpha value is -1.62. The van der Waals surface area contributed by atoms with E-state index < -0.39 is 0 Å². The molecule has 5 heteroatoms. The number of carbonyl (C=O) groups is 1. The summed E-state index contributed by atoms with van der Waals surface area (Å²) in [4.78, 5) is 14.0. The molecule has 0 bridgehead atoms. The molecule has 2 heterocycles. The zero-order valence-corrected chi connectivity index (χ0v) is 11.3. The van der Waals surface area contributed by atoms with Crippen LogP contribution in [0.15, 0.2) is 34.9 Å². The van der Waals surface area contributed by atoms with Gasteiger partial charge in [-0.1, -0.05) is 22.0 Å². The second kappa shape index (κ2) is 4.57. The van der Waals surface area contributed by atoms with Gasteiger partial charge in [-0.2, -0.15) is 5.10 Å². The number of carbonyl (C=O) groups excluding carboxylic acids is 1. The topological polar surface area (TPSA) is 49.0 Å². The molecule has 0 unspecified atom stereocenters. The highest BCUT2D eigenvalue weighted by atomic mass is 79.9. The molecule has 3 rings (SSSR count). The van der Waals surface area contributed by atoms with Gasteiger partial charge in [0.25, 0.3) is 5.91 Å². The molecular weight excluding hydrogens is 294 g/mol. The van der Waals surface area contributed by atoms with Crippen molar-refractivity contribution in [2.45, 2.75) is 13.0 Å². The Bertz CT molecular complexity index is 580. The van der Waals surface area contributed by atoms with Gasteiger partial charge in [0, 0.05) is 23.8 Å². The summed E-state index contributed by atoms with van der Waals surface area (Å²) in [5, 5.41) is 6.53. The molecule has 2 aromatic rings. The molecule has 92 valence electrons. The van der Waals surface area contributed by atoms with E-state index in [1.807, 2.05) is 11.0 Å². The average Bonchev–Trinajstić information content (AvgIpc) is 2.91. The molecule has 0 radical (unpaired) electrons. The highest BCUT2D eigenvalue weighted by Gasteiger charge is 2.22. The summed E-state index contributed by atoms with van der Waals surface area (Å²) in [7, 11) is 0. The van der Waals surface area contributed by atoms with Crippen molar-refractivity contribution in [1.29, 1.82) is 0 Å². The monoisotopic (exact) mass is 305 g/mol. The SMILES string of the molecule is O=C(c1ccn[nH]1)N1CCc2cc(Br)ccc2C1. The Kier molecular flexibility index (Phi) is 2.91. The molecule has 1 aliphatic rings. The Balaban J connectivity index is 1.83. The first-order valence-corrected chi connectivity index (χ1v) is 6.59. The number of aromatic amines is 1. The standard InChI is InChI=1S/C13H12BrN3O/c14-11-2-1-10-8-17(6-4-9(10)7-11)13(18)12-3-5-15-16-12/h1-3,5,7H,4,6,8H2,(H,15,16). The molecule has 1 aliphatic heterocycles. The number of halogens is 1. The van der Waals surface area contributed by atoms with Gasteiger partial charge >= 0.3 is 0 Å². The maximum Gasteiger partial charge on any atom is 0.272 e. The van der Waals surface area contributed by atoms with Gasteiger partial charge in [-0.15, -0.1) is 0 Å². The number of hydrogen-bond donors (Lipinski definition) is 1. The fourth-order valence-corrected chi connectivity index (χ4v) is 2.65.